The summed E-state index contributed by atoms with van der Waals surface area (Å²) in [4.78, 5) is 23.5. The Bertz CT molecular complexity index is 760. The van der Waals surface area contributed by atoms with Gasteiger partial charge in [-0.05, 0) is 42.2 Å². The molecule has 6 nitrogen and oxygen atoms in total. The largest absolute Gasteiger partial charge is 0.478 e. The van der Waals surface area contributed by atoms with Crippen LogP contribution in [0, 0.1) is 0 Å². The molecular formula is C19H19NO5. The number of rotatable bonds is 4. The van der Waals surface area contributed by atoms with Crippen LogP contribution in [0.5, 0.6) is 5.75 Å². The monoisotopic (exact) mass is 341 g/mol. The molecule has 1 heterocycles. The molecule has 0 saturated carbocycles. The van der Waals surface area contributed by atoms with Crippen LogP contribution in [0.1, 0.15) is 17.5 Å². The van der Waals surface area contributed by atoms with Crippen LogP contribution >= 0.6 is 0 Å². The molecule has 0 radical (unpaired) electrons. The summed E-state index contributed by atoms with van der Waals surface area (Å²) in [6, 6.07) is 14.7. The number of esters is 1. The molecule has 1 amide bonds. The first-order chi connectivity index (χ1) is 12.2. The molecule has 0 fully saturated rings. The normalized spacial score (nSPS) is 15.5. The number of carbonyl (C=O) groups excluding carboxylic acids is 2. The van der Waals surface area contributed by atoms with Crippen molar-refractivity contribution >= 4 is 17.7 Å². The van der Waals surface area contributed by atoms with E-state index in [0.717, 1.165) is 11.1 Å². The van der Waals surface area contributed by atoms with Gasteiger partial charge in [-0.25, -0.2) is 9.59 Å². The molecule has 3 rings (SSSR count). The van der Waals surface area contributed by atoms with Crippen LogP contribution in [0.3, 0.4) is 0 Å². The van der Waals surface area contributed by atoms with Crippen LogP contribution in [0.2, 0.25) is 0 Å². The van der Waals surface area contributed by atoms with Crippen LogP contribution in [0.25, 0.3) is 0 Å². The Kier molecular flexibility index (Phi) is 5.18. The third kappa shape index (κ3) is 4.29. The molecule has 130 valence electrons. The highest BCUT2D eigenvalue weighted by atomic mass is 16.6. The fourth-order valence-corrected chi connectivity index (χ4v) is 2.64. The number of hydrogen-bond donors (Lipinski definition) is 1. The second kappa shape index (κ2) is 7.70. The van der Waals surface area contributed by atoms with E-state index in [1.807, 2.05) is 36.4 Å². The van der Waals surface area contributed by atoms with Crippen molar-refractivity contribution in [3.8, 4) is 5.75 Å². The number of hydrogen-bond acceptors (Lipinski definition) is 5. The lowest BCUT2D eigenvalue weighted by Crippen LogP contribution is -2.32. The molecule has 25 heavy (non-hydrogen) atoms. The van der Waals surface area contributed by atoms with Crippen LogP contribution in [0.4, 0.5) is 10.5 Å². The van der Waals surface area contributed by atoms with Gasteiger partial charge in [0.05, 0.1) is 7.11 Å². The minimum absolute atomic E-state index is 0.210. The van der Waals surface area contributed by atoms with Gasteiger partial charge in [-0.3, -0.25) is 5.32 Å². The molecule has 1 unspecified atom stereocenters. The average Bonchev–Trinajstić information content (AvgIpc) is 2.66. The highest BCUT2D eigenvalue weighted by Gasteiger charge is 2.26. The van der Waals surface area contributed by atoms with Crippen molar-refractivity contribution in [1.82, 2.24) is 0 Å². The maximum atomic E-state index is 11.9. The Balaban J connectivity index is 1.57. The number of nitrogens with one attached hydrogen (secondary N) is 1. The summed E-state index contributed by atoms with van der Waals surface area (Å²) < 4.78 is 15.5. The fraction of sp³-hybridized carbons (Fsp3) is 0.263. The first-order valence-electron chi connectivity index (χ1n) is 8.01. The summed E-state index contributed by atoms with van der Waals surface area (Å²) >= 11 is 0. The number of amides is 1. The molecule has 0 saturated heterocycles. The molecular weight excluding hydrogens is 322 g/mol. The van der Waals surface area contributed by atoms with Gasteiger partial charge in [-0.2, -0.15) is 0 Å². The van der Waals surface area contributed by atoms with Crippen molar-refractivity contribution in [2.24, 2.45) is 0 Å². The summed E-state index contributed by atoms with van der Waals surface area (Å²) in [6.45, 7) is 0.210. The minimum atomic E-state index is -0.577. The first kappa shape index (κ1) is 16.8. The van der Waals surface area contributed by atoms with Crippen molar-refractivity contribution in [3.63, 3.8) is 0 Å². The highest BCUT2D eigenvalue weighted by molar-refractivity contribution is 5.85. The minimum Gasteiger partial charge on any atom is -0.478 e. The second-order valence-electron chi connectivity index (χ2n) is 5.68. The lowest BCUT2D eigenvalue weighted by atomic mass is 10.0. The maximum Gasteiger partial charge on any atom is 0.411 e. The molecule has 0 bridgehead atoms. The van der Waals surface area contributed by atoms with Crippen LogP contribution in [-0.2, 0) is 27.3 Å². The van der Waals surface area contributed by atoms with Gasteiger partial charge < -0.3 is 14.2 Å². The van der Waals surface area contributed by atoms with E-state index in [1.54, 1.807) is 12.1 Å². The molecule has 2 aromatic carbocycles. The molecule has 1 N–H and O–H groups in total. The number of fused-ring (bicyclic) bond motifs is 1. The van der Waals surface area contributed by atoms with Gasteiger partial charge in [0.25, 0.3) is 0 Å². The van der Waals surface area contributed by atoms with E-state index >= 15 is 0 Å². The molecule has 1 aliphatic rings. The maximum absolute atomic E-state index is 11.9. The topological polar surface area (TPSA) is 73.9 Å². The van der Waals surface area contributed by atoms with Crippen molar-refractivity contribution < 1.29 is 23.8 Å². The molecule has 6 heteroatoms. The average molecular weight is 341 g/mol. The summed E-state index contributed by atoms with van der Waals surface area (Å²) in [5.74, 6) is 0.252. The van der Waals surface area contributed by atoms with Gasteiger partial charge in [0.1, 0.15) is 12.4 Å². The van der Waals surface area contributed by atoms with E-state index in [9.17, 15) is 9.59 Å². The molecule has 1 aliphatic heterocycles. The van der Waals surface area contributed by atoms with Gasteiger partial charge in [0.15, 0.2) is 6.10 Å². The Morgan fingerprint density at radius 1 is 1.20 bits per heavy atom. The van der Waals surface area contributed by atoms with Crippen LogP contribution in [-0.4, -0.2) is 25.3 Å². The molecule has 2 aromatic rings. The zero-order valence-corrected chi connectivity index (χ0v) is 13.9. The number of methoxy groups -OCH3 is 1. The SMILES string of the molecule is COC(=O)C1CCc2cc(NC(=O)OCc3ccccc3)ccc2O1. The Morgan fingerprint density at radius 3 is 2.76 bits per heavy atom. The number of carbonyl (C=O) groups is 2. The summed E-state index contributed by atoms with van der Waals surface area (Å²) in [5, 5.41) is 2.70. The third-order valence-electron chi connectivity index (χ3n) is 3.93. The Hall–Kier alpha value is -3.02. The van der Waals surface area contributed by atoms with E-state index in [1.165, 1.54) is 7.11 Å². The van der Waals surface area contributed by atoms with Gasteiger partial charge in [-0.15, -0.1) is 0 Å². The Labute approximate surface area is 145 Å². The zero-order chi connectivity index (χ0) is 17.6. The lowest BCUT2D eigenvalue weighted by Gasteiger charge is -2.24. The van der Waals surface area contributed by atoms with Gasteiger partial charge in [0.2, 0.25) is 0 Å². The fourth-order valence-electron chi connectivity index (χ4n) is 2.64. The Morgan fingerprint density at radius 2 is 2.00 bits per heavy atom. The van der Waals surface area contributed by atoms with E-state index < -0.39 is 12.2 Å². The van der Waals surface area contributed by atoms with Gasteiger partial charge in [-0.1, -0.05) is 30.3 Å². The van der Waals surface area contributed by atoms with E-state index in [-0.39, 0.29) is 12.6 Å². The van der Waals surface area contributed by atoms with Crippen LogP contribution < -0.4 is 10.1 Å². The number of ether oxygens (including phenoxy) is 3. The first-order valence-corrected chi connectivity index (χ1v) is 8.01. The molecule has 0 spiro atoms. The zero-order valence-electron chi connectivity index (χ0n) is 13.9. The van der Waals surface area contributed by atoms with Crippen molar-refractivity contribution in [3.05, 3.63) is 59.7 Å². The molecule has 1 atom stereocenters. The predicted octanol–water partition coefficient (Wildman–Crippen LogP) is 3.30. The standard InChI is InChI=1S/C19H19NO5/c1-23-18(21)17-9-7-14-11-15(8-10-16(14)25-17)20-19(22)24-12-13-5-3-2-4-6-13/h2-6,8,10-11,17H,7,9,12H2,1H3,(H,20,22). The quantitative estimate of drug-likeness (QED) is 0.864. The second-order valence-corrected chi connectivity index (χ2v) is 5.68. The lowest BCUT2D eigenvalue weighted by molar-refractivity contribution is -0.149. The van der Waals surface area contributed by atoms with Crippen molar-refractivity contribution in [2.75, 3.05) is 12.4 Å². The summed E-state index contributed by atoms with van der Waals surface area (Å²) in [6.07, 6.45) is 0.116. The van der Waals surface area contributed by atoms with Gasteiger partial charge >= 0.3 is 12.1 Å². The number of aryl methyl sites for hydroxylation is 1. The number of anilines is 1. The van der Waals surface area contributed by atoms with E-state index in [0.29, 0.717) is 24.3 Å². The number of benzene rings is 2. The predicted molar refractivity (Wildman–Crippen MR) is 91.4 cm³/mol. The third-order valence-corrected chi connectivity index (χ3v) is 3.93. The van der Waals surface area contributed by atoms with Crippen LogP contribution in [0.15, 0.2) is 48.5 Å². The van der Waals surface area contributed by atoms with Crippen molar-refractivity contribution in [2.45, 2.75) is 25.6 Å². The van der Waals surface area contributed by atoms with E-state index in [2.05, 4.69) is 5.32 Å². The molecule has 0 aromatic heterocycles. The highest BCUT2D eigenvalue weighted by Crippen LogP contribution is 2.30. The van der Waals surface area contributed by atoms with Gasteiger partial charge in [0, 0.05) is 5.69 Å². The summed E-state index contributed by atoms with van der Waals surface area (Å²) in [5.41, 5.74) is 2.48. The molecule has 0 aliphatic carbocycles. The summed E-state index contributed by atoms with van der Waals surface area (Å²) in [7, 11) is 1.34. The van der Waals surface area contributed by atoms with E-state index in [4.69, 9.17) is 14.2 Å². The smallest absolute Gasteiger partial charge is 0.411 e. The van der Waals surface area contributed by atoms with Crippen molar-refractivity contribution in [1.29, 1.82) is 0 Å².